The number of hydrogen-bond donors (Lipinski definition) is 1. The molecule has 5 nitrogen and oxygen atoms in total. The summed E-state index contributed by atoms with van der Waals surface area (Å²) in [7, 11) is 1.71. The SMILES string of the molecule is COc1ccc2[nH]cc(C3=CCN(Cc4nc(C)c5ccccc5n4)CC3)c2c1. The second-order valence-electron chi connectivity index (χ2n) is 7.57. The third kappa shape index (κ3) is 3.38. The normalized spacial score (nSPS) is 15.0. The quantitative estimate of drug-likeness (QED) is 0.553. The van der Waals surface area contributed by atoms with Gasteiger partial charge in [-0.3, -0.25) is 4.90 Å². The van der Waals surface area contributed by atoms with E-state index in [0.29, 0.717) is 0 Å². The summed E-state index contributed by atoms with van der Waals surface area (Å²) in [5.74, 6) is 1.79. The van der Waals surface area contributed by atoms with Crippen LogP contribution in [0.5, 0.6) is 5.75 Å². The number of hydrogen-bond acceptors (Lipinski definition) is 4. The van der Waals surface area contributed by atoms with E-state index >= 15 is 0 Å². The van der Waals surface area contributed by atoms with Gasteiger partial charge in [0.05, 0.1) is 19.2 Å². The molecule has 0 saturated carbocycles. The fourth-order valence-corrected chi connectivity index (χ4v) is 4.16. The molecule has 0 fully saturated rings. The number of nitrogens with one attached hydrogen (secondary N) is 1. The first-order valence-electron chi connectivity index (χ1n) is 10.0. The molecule has 5 heteroatoms. The number of nitrogens with zero attached hydrogens (tertiary/aromatic N) is 3. The number of benzene rings is 2. The number of aromatic nitrogens is 3. The molecule has 0 amide bonds. The molecule has 0 spiro atoms. The van der Waals surface area contributed by atoms with Crippen LogP contribution in [-0.4, -0.2) is 40.1 Å². The molecule has 0 atom stereocenters. The Morgan fingerprint density at radius 2 is 2.00 bits per heavy atom. The number of fused-ring (bicyclic) bond motifs is 2. The van der Waals surface area contributed by atoms with Crippen LogP contribution in [0.1, 0.15) is 23.5 Å². The van der Waals surface area contributed by atoms with Gasteiger partial charge in [0.2, 0.25) is 0 Å². The van der Waals surface area contributed by atoms with Gasteiger partial charge in [0.15, 0.2) is 0 Å². The lowest BCUT2D eigenvalue weighted by atomic mass is 9.99. The molecular formula is C24H24N4O. The maximum absolute atomic E-state index is 5.40. The molecule has 146 valence electrons. The van der Waals surface area contributed by atoms with Crippen LogP contribution in [0, 0.1) is 6.92 Å². The predicted molar refractivity (Wildman–Crippen MR) is 117 cm³/mol. The molecule has 2 aromatic heterocycles. The number of methoxy groups -OCH3 is 1. The van der Waals surface area contributed by atoms with Crippen molar-refractivity contribution in [2.45, 2.75) is 19.9 Å². The highest BCUT2D eigenvalue weighted by Gasteiger charge is 2.17. The number of aromatic amines is 1. The Kier molecular flexibility index (Phi) is 4.52. The molecule has 0 bridgehead atoms. The molecule has 3 heterocycles. The van der Waals surface area contributed by atoms with E-state index in [2.05, 4.69) is 53.3 Å². The van der Waals surface area contributed by atoms with E-state index < -0.39 is 0 Å². The van der Waals surface area contributed by atoms with Crippen LogP contribution >= 0.6 is 0 Å². The van der Waals surface area contributed by atoms with E-state index in [1.165, 1.54) is 16.5 Å². The first kappa shape index (κ1) is 17.9. The minimum atomic E-state index is 0.775. The maximum atomic E-state index is 5.40. The Hall–Kier alpha value is -3.18. The molecule has 0 radical (unpaired) electrons. The molecule has 1 aliphatic rings. The number of H-pyrrole nitrogens is 1. The summed E-state index contributed by atoms with van der Waals surface area (Å²) in [6, 6.07) is 14.4. The number of aryl methyl sites for hydroxylation is 1. The Balaban J connectivity index is 1.36. The van der Waals surface area contributed by atoms with Gasteiger partial charge in [-0.05, 0) is 43.2 Å². The third-order valence-corrected chi connectivity index (χ3v) is 5.73. The molecule has 29 heavy (non-hydrogen) atoms. The van der Waals surface area contributed by atoms with Gasteiger partial charge in [-0.15, -0.1) is 0 Å². The van der Waals surface area contributed by atoms with Crippen molar-refractivity contribution in [2.24, 2.45) is 0 Å². The zero-order valence-electron chi connectivity index (χ0n) is 16.8. The highest BCUT2D eigenvalue weighted by atomic mass is 16.5. The van der Waals surface area contributed by atoms with Crippen molar-refractivity contribution in [1.29, 1.82) is 0 Å². The summed E-state index contributed by atoms with van der Waals surface area (Å²) >= 11 is 0. The first-order chi connectivity index (χ1) is 14.2. The third-order valence-electron chi connectivity index (χ3n) is 5.73. The molecule has 1 N–H and O–H groups in total. The Morgan fingerprint density at radius 1 is 1.10 bits per heavy atom. The van der Waals surface area contributed by atoms with Gasteiger partial charge in [-0.1, -0.05) is 24.3 Å². The standard InChI is InChI=1S/C24H24N4O/c1-16-19-5-3-4-6-23(19)27-24(26-16)15-28-11-9-17(10-12-28)21-14-25-22-8-7-18(29-2)13-20(21)22/h3-9,13-14,25H,10-12,15H2,1-2H3. The van der Waals surface area contributed by atoms with E-state index in [4.69, 9.17) is 14.7 Å². The van der Waals surface area contributed by atoms with Crippen LogP contribution in [0.3, 0.4) is 0 Å². The van der Waals surface area contributed by atoms with Crippen molar-refractivity contribution in [1.82, 2.24) is 19.9 Å². The molecule has 0 aliphatic carbocycles. The van der Waals surface area contributed by atoms with Crippen LogP contribution in [0.15, 0.2) is 54.7 Å². The van der Waals surface area contributed by atoms with Gasteiger partial charge in [0, 0.05) is 46.8 Å². The monoisotopic (exact) mass is 384 g/mol. The number of rotatable bonds is 4. The van der Waals surface area contributed by atoms with Gasteiger partial charge in [-0.25, -0.2) is 9.97 Å². The van der Waals surface area contributed by atoms with Gasteiger partial charge in [-0.2, -0.15) is 0 Å². The fraction of sp³-hybridized carbons (Fsp3) is 0.250. The van der Waals surface area contributed by atoms with Crippen LogP contribution in [0.2, 0.25) is 0 Å². The summed E-state index contributed by atoms with van der Waals surface area (Å²) in [6.07, 6.45) is 5.46. The van der Waals surface area contributed by atoms with Crippen molar-refractivity contribution in [3.63, 3.8) is 0 Å². The van der Waals surface area contributed by atoms with Crippen molar-refractivity contribution in [3.05, 3.63) is 71.8 Å². The molecule has 5 rings (SSSR count). The lowest BCUT2D eigenvalue weighted by molar-refractivity contribution is 0.286. The van der Waals surface area contributed by atoms with E-state index in [9.17, 15) is 0 Å². The van der Waals surface area contributed by atoms with Crippen LogP contribution in [-0.2, 0) is 6.54 Å². The lowest BCUT2D eigenvalue weighted by Crippen LogP contribution is -2.29. The van der Waals surface area contributed by atoms with E-state index in [0.717, 1.165) is 59.7 Å². The highest BCUT2D eigenvalue weighted by Crippen LogP contribution is 2.31. The van der Waals surface area contributed by atoms with E-state index in [1.54, 1.807) is 7.11 Å². The molecule has 1 aliphatic heterocycles. The lowest BCUT2D eigenvalue weighted by Gasteiger charge is -2.25. The maximum Gasteiger partial charge on any atom is 0.143 e. The molecule has 2 aromatic carbocycles. The Labute approximate surface area is 170 Å². The van der Waals surface area contributed by atoms with Gasteiger partial charge in [0.1, 0.15) is 11.6 Å². The highest BCUT2D eigenvalue weighted by molar-refractivity contribution is 5.93. The fourth-order valence-electron chi connectivity index (χ4n) is 4.16. The van der Waals surface area contributed by atoms with Gasteiger partial charge >= 0.3 is 0 Å². The van der Waals surface area contributed by atoms with Crippen LogP contribution in [0.4, 0.5) is 0 Å². The minimum Gasteiger partial charge on any atom is -0.497 e. The summed E-state index contributed by atoms with van der Waals surface area (Å²) in [5.41, 5.74) is 5.87. The average molecular weight is 384 g/mol. The topological polar surface area (TPSA) is 54.0 Å². The van der Waals surface area contributed by atoms with Crippen molar-refractivity contribution in [2.75, 3.05) is 20.2 Å². The predicted octanol–water partition coefficient (Wildman–Crippen LogP) is 4.72. The largest absolute Gasteiger partial charge is 0.497 e. The second kappa shape index (κ2) is 7.33. The second-order valence-corrected chi connectivity index (χ2v) is 7.57. The summed E-state index contributed by atoms with van der Waals surface area (Å²) in [5, 5.41) is 2.35. The molecule has 0 saturated heterocycles. The van der Waals surface area contributed by atoms with Crippen LogP contribution < -0.4 is 4.74 Å². The van der Waals surface area contributed by atoms with E-state index in [-0.39, 0.29) is 0 Å². The number of ether oxygens (including phenoxy) is 1. The molecule has 4 aromatic rings. The zero-order valence-corrected chi connectivity index (χ0v) is 16.8. The Bertz CT molecular complexity index is 1220. The smallest absolute Gasteiger partial charge is 0.143 e. The van der Waals surface area contributed by atoms with Crippen molar-refractivity contribution < 1.29 is 4.74 Å². The van der Waals surface area contributed by atoms with E-state index in [1.807, 2.05) is 18.2 Å². The summed E-state index contributed by atoms with van der Waals surface area (Å²) < 4.78 is 5.40. The average Bonchev–Trinajstić information content (AvgIpc) is 3.17. The van der Waals surface area contributed by atoms with Gasteiger partial charge < -0.3 is 9.72 Å². The van der Waals surface area contributed by atoms with Crippen LogP contribution in [0.25, 0.3) is 27.4 Å². The minimum absolute atomic E-state index is 0.775. The van der Waals surface area contributed by atoms with Gasteiger partial charge in [0.25, 0.3) is 0 Å². The number of para-hydroxylation sites is 1. The molecule has 0 unspecified atom stereocenters. The van der Waals surface area contributed by atoms with Crippen molar-refractivity contribution >= 4 is 27.4 Å². The van der Waals surface area contributed by atoms with Crippen molar-refractivity contribution in [3.8, 4) is 5.75 Å². The summed E-state index contributed by atoms with van der Waals surface area (Å²) in [4.78, 5) is 15.3. The Morgan fingerprint density at radius 3 is 2.83 bits per heavy atom. The zero-order chi connectivity index (χ0) is 19.8. The summed E-state index contributed by atoms with van der Waals surface area (Å²) in [6.45, 7) is 4.74. The first-order valence-corrected chi connectivity index (χ1v) is 10.0. The molecular weight excluding hydrogens is 360 g/mol.